The van der Waals surface area contributed by atoms with E-state index in [9.17, 15) is 19.2 Å². The third-order valence-corrected chi connectivity index (χ3v) is 12.7. The Morgan fingerprint density at radius 1 is 0.318 bits per heavy atom. The van der Waals surface area contributed by atoms with Gasteiger partial charge in [0.05, 0.1) is 27.5 Å². The highest BCUT2D eigenvalue weighted by atomic mass is 32.2. The highest BCUT2D eigenvalue weighted by Crippen LogP contribution is 2.41. The number of hydrogen-bond acceptors (Lipinski definition) is 9. The molecule has 0 bridgehead atoms. The first-order valence-electron chi connectivity index (χ1n) is 21.4. The van der Waals surface area contributed by atoms with Crippen molar-refractivity contribution in [3.8, 4) is 44.5 Å². The maximum atomic E-state index is 14.1. The Hall–Kier alpha value is -8.01. The summed E-state index contributed by atoms with van der Waals surface area (Å²) < 4.78 is 24.5. The van der Waals surface area contributed by atoms with Gasteiger partial charge in [-0.1, -0.05) is 170 Å². The zero-order chi connectivity index (χ0) is 45.2. The molecule has 4 atom stereocenters. The van der Waals surface area contributed by atoms with Gasteiger partial charge in [-0.25, -0.2) is 19.2 Å². The molecule has 0 amide bonds. The third-order valence-electron chi connectivity index (χ3n) is 11.3. The van der Waals surface area contributed by atoms with E-state index in [4.69, 9.17) is 18.9 Å². The number of rotatable bonds is 13. The number of carbonyl (C=O) groups is 4. The predicted octanol–water partition coefficient (Wildman–Crippen LogP) is 12.3. The van der Waals surface area contributed by atoms with Crippen molar-refractivity contribution in [1.82, 2.24) is 0 Å². The largest absolute Gasteiger partial charge is 0.461 e. The lowest BCUT2D eigenvalue weighted by Crippen LogP contribution is -2.42. The van der Waals surface area contributed by atoms with Gasteiger partial charge in [0.1, 0.15) is 6.61 Å². The van der Waals surface area contributed by atoms with Crippen LogP contribution >= 0.6 is 11.8 Å². The van der Waals surface area contributed by atoms with Crippen molar-refractivity contribution < 1.29 is 38.1 Å². The van der Waals surface area contributed by atoms with E-state index >= 15 is 0 Å². The molecule has 324 valence electrons. The zero-order valence-corrected chi connectivity index (χ0v) is 36.3. The Morgan fingerprint density at radius 2 is 0.591 bits per heavy atom. The predicted molar refractivity (Wildman–Crippen MR) is 257 cm³/mol. The highest BCUT2D eigenvalue weighted by molar-refractivity contribution is 8.00. The number of ether oxygens (including phenoxy) is 4. The average Bonchev–Trinajstić information content (AvgIpc) is 3.70. The van der Waals surface area contributed by atoms with Crippen LogP contribution in [0.4, 0.5) is 0 Å². The molecule has 66 heavy (non-hydrogen) atoms. The van der Waals surface area contributed by atoms with Crippen LogP contribution in [0, 0.1) is 0 Å². The number of benzene rings is 8. The van der Waals surface area contributed by atoms with Crippen LogP contribution in [0.1, 0.15) is 41.4 Å². The van der Waals surface area contributed by atoms with Crippen molar-refractivity contribution >= 4 is 35.6 Å². The van der Waals surface area contributed by atoms with Gasteiger partial charge in [0.2, 0.25) is 0 Å². The molecule has 9 rings (SSSR count). The SMILES string of the molecule is O=C(OC[C@@H]1SC(OC(=O)c2ccc(-c3ccccc3)cc2)[C@H](OC(=O)c2ccc(-c3ccccc3)cc2)[C@H]1OC(=O)c1ccc(-c2ccccc2)cc1)c1ccc(-c2ccccc2)cc1. The maximum absolute atomic E-state index is 14.1. The van der Waals surface area contributed by atoms with E-state index < -0.39 is 46.8 Å². The highest BCUT2D eigenvalue weighted by Gasteiger charge is 2.52. The van der Waals surface area contributed by atoms with Gasteiger partial charge in [-0.2, -0.15) is 0 Å². The van der Waals surface area contributed by atoms with Crippen LogP contribution in [0.2, 0.25) is 0 Å². The summed E-state index contributed by atoms with van der Waals surface area (Å²) in [6, 6.07) is 67.0. The molecule has 0 aliphatic carbocycles. The first-order valence-corrected chi connectivity index (χ1v) is 22.4. The van der Waals surface area contributed by atoms with Gasteiger partial charge in [-0.15, -0.1) is 11.8 Å². The van der Waals surface area contributed by atoms with Crippen molar-refractivity contribution in [2.24, 2.45) is 0 Å². The second-order valence-electron chi connectivity index (χ2n) is 15.6. The molecule has 1 aliphatic rings. The average molecular weight is 887 g/mol. The van der Waals surface area contributed by atoms with Crippen molar-refractivity contribution in [3.63, 3.8) is 0 Å². The van der Waals surface area contributed by atoms with Crippen molar-refractivity contribution in [2.45, 2.75) is 22.9 Å². The van der Waals surface area contributed by atoms with Gasteiger partial charge in [0, 0.05) is 0 Å². The summed E-state index contributed by atoms with van der Waals surface area (Å²) in [5, 5.41) is -0.832. The van der Waals surface area contributed by atoms with E-state index in [1.807, 2.05) is 170 Å². The Bertz CT molecular complexity index is 2910. The summed E-state index contributed by atoms with van der Waals surface area (Å²) in [5.74, 6) is -2.72. The Balaban J connectivity index is 1.00. The molecule has 0 spiro atoms. The fraction of sp³-hybridized carbons (Fsp3) is 0.0877. The van der Waals surface area contributed by atoms with E-state index in [0.717, 1.165) is 56.3 Å². The number of hydrogen-bond donors (Lipinski definition) is 0. The lowest BCUT2D eigenvalue weighted by molar-refractivity contribution is -0.0607. The molecule has 1 heterocycles. The second kappa shape index (κ2) is 20.2. The molecule has 9 heteroatoms. The van der Waals surface area contributed by atoms with Gasteiger partial charge in [-0.05, 0) is 93.0 Å². The van der Waals surface area contributed by atoms with Gasteiger partial charge < -0.3 is 18.9 Å². The molecule has 8 aromatic rings. The fourth-order valence-electron chi connectivity index (χ4n) is 7.70. The maximum Gasteiger partial charge on any atom is 0.339 e. The smallest absolute Gasteiger partial charge is 0.339 e. The van der Waals surface area contributed by atoms with Gasteiger partial charge >= 0.3 is 23.9 Å². The van der Waals surface area contributed by atoms with Crippen LogP contribution in [0.15, 0.2) is 218 Å². The topological polar surface area (TPSA) is 105 Å². The standard InChI is InChI=1S/C57H42O8S/c58-53(46-29-21-42(22-30-46)38-13-5-1-6-14-38)62-37-50-51(63-54(59)47-31-23-43(24-32-47)39-15-7-2-8-16-39)52(64-55(60)48-33-25-44(26-34-48)40-17-9-3-10-18-40)57(66-50)65-56(61)49-35-27-45(28-36-49)41-19-11-4-12-20-41/h1-36,50-52,57H,37H2/t50-,51-,52+,57?/m0/s1. The van der Waals surface area contributed by atoms with Crippen molar-refractivity contribution in [2.75, 3.05) is 6.61 Å². The van der Waals surface area contributed by atoms with Crippen molar-refractivity contribution in [1.29, 1.82) is 0 Å². The molecular formula is C57H42O8S. The second-order valence-corrected chi connectivity index (χ2v) is 16.9. The monoisotopic (exact) mass is 886 g/mol. The molecule has 1 aliphatic heterocycles. The molecule has 0 saturated carbocycles. The summed E-state index contributed by atoms with van der Waals surface area (Å²) in [7, 11) is 0. The minimum atomic E-state index is -1.31. The molecule has 0 N–H and O–H groups in total. The van der Waals surface area contributed by atoms with E-state index in [1.165, 1.54) is 0 Å². The van der Waals surface area contributed by atoms with Crippen LogP contribution in [0.5, 0.6) is 0 Å². The summed E-state index contributed by atoms with van der Waals surface area (Å²) in [6.07, 6.45) is -2.54. The molecular weight excluding hydrogens is 845 g/mol. The molecule has 1 fully saturated rings. The summed E-state index contributed by atoms with van der Waals surface area (Å²) in [5.41, 5.74) is 7.45. The normalized spacial score (nSPS) is 16.4. The Morgan fingerprint density at radius 3 is 0.924 bits per heavy atom. The Labute approximate surface area is 386 Å². The van der Waals surface area contributed by atoms with Gasteiger partial charge in [0.15, 0.2) is 17.6 Å². The molecule has 0 radical (unpaired) electrons. The number of esters is 4. The number of thioether (sulfide) groups is 1. The fourth-order valence-corrected chi connectivity index (χ4v) is 9.07. The summed E-state index contributed by atoms with van der Waals surface area (Å²) in [4.78, 5) is 55.7. The van der Waals surface area contributed by atoms with E-state index in [0.29, 0.717) is 5.56 Å². The quantitative estimate of drug-likeness (QED) is 0.0826. The van der Waals surface area contributed by atoms with E-state index in [2.05, 4.69) is 0 Å². The molecule has 1 saturated heterocycles. The molecule has 8 aromatic carbocycles. The van der Waals surface area contributed by atoms with Crippen molar-refractivity contribution in [3.05, 3.63) is 241 Å². The Kier molecular flexibility index (Phi) is 13.3. The van der Waals surface area contributed by atoms with Crippen LogP contribution in [-0.4, -0.2) is 53.4 Å². The van der Waals surface area contributed by atoms with Gasteiger partial charge in [-0.3, -0.25) is 0 Å². The number of carbonyl (C=O) groups excluding carboxylic acids is 4. The minimum absolute atomic E-state index is 0.233. The third kappa shape index (κ3) is 10.2. The molecule has 0 aromatic heterocycles. The van der Waals surface area contributed by atoms with Crippen LogP contribution in [-0.2, 0) is 18.9 Å². The van der Waals surface area contributed by atoms with E-state index in [-0.39, 0.29) is 23.3 Å². The first kappa shape index (κ1) is 43.3. The lowest BCUT2D eigenvalue weighted by Gasteiger charge is -2.25. The minimum Gasteiger partial charge on any atom is -0.461 e. The lowest BCUT2D eigenvalue weighted by atomic mass is 10.0. The van der Waals surface area contributed by atoms with Crippen LogP contribution < -0.4 is 0 Å². The van der Waals surface area contributed by atoms with Crippen LogP contribution in [0.25, 0.3) is 44.5 Å². The molecule has 8 nitrogen and oxygen atoms in total. The molecule has 1 unspecified atom stereocenters. The van der Waals surface area contributed by atoms with Gasteiger partial charge in [0.25, 0.3) is 0 Å². The summed E-state index contributed by atoms with van der Waals surface area (Å²) in [6.45, 7) is -0.269. The zero-order valence-electron chi connectivity index (χ0n) is 35.5. The van der Waals surface area contributed by atoms with Crippen LogP contribution in [0.3, 0.4) is 0 Å². The van der Waals surface area contributed by atoms with E-state index in [1.54, 1.807) is 48.5 Å². The first-order chi connectivity index (χ1) is 32.4. The summed E-state index contributed by atoms with van der Waals surface area (Å²) >= 11 is 1.09.